The van der Waals surface area contributed by atoms with Crippen LogP contribution in [0.25, 0.3) is 5.69 Å². The Labute approximate surface area is 112 Å². The third-order valence-corrected chi connectivity index (χ3v) is 3.85. The second-order valence-electron chi connectivity index (χ2n) is 3.95. The van der Waals surface area contributed by atoms with E-state index in [9.17, 15) is 9.90 Å². The van der Waals surface area contributed by atoms with Crippen molar-refractivity contribution < 1.29 is 14.6 Å². The van der Waals surface area contributed by atoms with Crippen molar-refractivity contribution >= 4 is 17.7 Å². The number of cyclic esters (lactones) is 1. The standard InChI is InChI=1S/C11H10N4O3S/c16-8-3-1-7(2-4-8)15-11(12-13-14-15)19-9-5-6-18-10(9)17/h1-4,9,16H,5-6H2. The number of aromatic nitrogens is 4. The van der Waals surface area contributed by atoms with E-state index in [1.807, 2.05) is 0 Å². The third-order valence-electron chi connectivity index (χ3n) is 2.67. The molecule has 0 amide bonds. The van der Waals surface area contributed by atoms with Crippen LogP contribution in [0.3, 0.4) is 0 Å². The Morgan fingerprint density at radius 1 is 1.37 bits per heavy atom. The van der Waals surface area contributed by atoms with Gasteiger partial charge in [0.15, 0.2) is 0 Å². The summed E-state index contributed by atoms with van der Waals surface area (Å²) in [6.45, 7) is 0.442. The Morgan fingerprint density at radius 3 is 2.84 bits per heavy atom. The molecule has 1 N–H and O–H groups in total. The van der Waals surface area contributed by atoms with E-state index in [0.717, 1.165) is 5.69 Å². The van der Waals surface area contributed by atoms with E-state index in [1.165, 1.54) is 16.4 Å². The molecule has 1 atom stereocenters. The first-order chi connectivity index (χ1) is 9.24. The summed E-state index contributed by atoms with van der Waals surface area (Å²) in [6, 6.07) is 6.50. The summed E-state index contributed by atoms with van der Waals surface area (Å²) in [5.41, 5.74) is 0.719. The molecule has 2 aromatic rings. The molecule has 1 unspecified atom stereocenters. The average Bonchev–Trinajstić information content (AvgIpc) is 3.01. The maximum atomic E-state index is 11.4. The first-order valence-electron chi connectivity index (χ1n) is 5.65. The van der Waals surface area contributed by atoms with Crippen LogP contribution in [0, 0.1) is 0 Å². The van der Waals surface area contributed by atoms with Crippen molar-refractivity contribution in [1.82, 2.24) is 20.2 Å². The minimum atomic E-state index is -0.262. The number of benzene rings is 1. The lowest BCUT2D eigenvalue weighted by molar-refractivity contribution is -0.137. The zero-order valence-electron chi connectivity index (χ0n) is 9.76. The van der Waals surface area contributed by atoms with Gasteiger partial charge in [-0.3, -0.25) is 4.79 Å². The summed E-state index contributed by atoms with van der Waals surface area (Å²) in [5, 5.41) is 20.9. The Kier molecular flexibility index (Phi) is 3.08. The van der Waals surface area contributed by atoms with E-state index < -0.39 is 0 Å². The smallest absolute Gasteiger partial charge is 0.319 e. The van der Waals surface area contributed by atoms with Gasteiger partial charge in [0, 0.05) is 6.42 Å². The third kappa shape index (κ3) is 2.39. The minimum Gasteiger partial charge on any atom is -0.508 e. The highest BCUT2D eigenvalue weighted by atomic mass is 32.2. The Morgan fingerprint density at radius 2 is 2.16 bits per heavy atom. The zero-order valence-corrected chi connectivity index (χ0v) is 10.6. The van der Waals surface area contributed by atoms with Gasteiger partial charge in [0.2, 0.25) is 5.16 Å². The number of carbonyl (C=O) groups is 1. The molecule has 0 bridgehead atoms. The molecule has 0 radical (unpaired) electrons. The molecule has 19 heavy (non-hydrogen) atoms. The number of rotatable bonds is 3. The van der Waals surface area contributed by atoms with Crippen LogP contribution in [-0.2, 0) is 9.53 Å². The van der Waals surface area contributed by atoms with Gasteiger partial charge in [0.05, 0.1) is 12.3 Å². The van der Waals surface area contributed by atoms with Gasteiger partial charge >= 0.3 is 5.97 Å². The molecule has 0 saturated carbocycles. The molecule has 1 saturated heterocycles. The van der Waals surface area contributed by atoms with Gasteiger partial charge in [0.1, 0.15) is 11.0 Å². The lowest BCUT2D eigenvalue weighted by Crippen LogP contribution is -2.11. The molecule has 1 aliphatic heterocycles. The maximum absolute atomic E-state index is 11.4. The molecule has 8 heteroatoms. The van der Waals surface area contributed by atoms with E-state index in [-0.39, 0.29) is 17.0 Å². The van der Waals surface area contributed by atoms with Crippen molar-refractivity contribution in [1.29, 1.82) is 0 Å². The quantitative estimate of drug-likeness (QED) is 0.829. The topological polar surface area (TPSA) is 90.1 Å². The number of hydrogen-bond acceptors (Lipinski definition) is 7. The monoisotopic (exact) mass is 278 g/mol. The summed E-state index contributed by atoms with van der Waals surface area (Å²) >= 11 is 1.28. The fourth-order valence-electron chi connectivity index (χ4n) is 1.72. The number of thioether (sulfide) groups is 1. The molecule has 1 aromatic carbocycles. The number of aromatic hydroxyl groups is 1. The lowest BCUT2D eigenvalue weighted by atomic mass is 10.3. The molecular weight excluding hydrogens is 268 g/mol. The highest BCUT2D eigenvalue weighted by Gasteiger charge is 2.29. The van der Waals surface area contributed by atoms with Gasteiger partial charge in [-0.15, -0.1) is 5.10 Å². The molecule has 3 rings (SSSR count). The average molecular weight is 278 g/mol. The van der Waals surface area contributed by atoms with E-state index in [0.29, 0.717) is 18.2 Å². The van der Waals surface area contributed by atoms with Crippen LogP contribution >= 0.6 is 11.8 Å². The van der Waals surface area contributed by atoms with Gasteiger partial charge < -0.3 is 9.84 Å². The molecule has 1 fully saturated rings. The van der Waals surface area contributed by atoms with Gasteiger partial charge in [-0.05, 0) is 34.7 Å². The lowest BCUT2D eigenvalue weighted by Gasteiger charge is -2.06. The normalized spacial score (nSPS) is 18.5. The van der Waals surface area contributed by atoms with Crippen LogP contribution in [-0.4, -0.2) is 43.1 Å². The van der Waals surface area contributed by atoms with Gasteiger partial charge in [-0.25, -0.2) is 0 Å². The van der Waals surface area contributed by atoms with E-state index in [4.69, 9.17) is 4.74 Å². The SMILES string of the molecule is O=C1OCCC1Sc1nnnn1-c1ccc(O)cc1. The number of nitrogens with zero attached hydrogens (tertiary/aromatic N) is 4. The van der Waals surface area contributed by atoms with Crippen molar-refractivity contribution in [2.75, 3.05) is 6.61 Å². The summed E-state index contributed by atoms with van der Waals surface area (Å²) < 4.78 is 6.43. The van der Waals surface area contributed by atoms with Crippen molar-refractivity contribution in [3.8, 4) is 11.4 Å². The van der Waals surface area contributed by atoms with Crippen LogP contribution in [0.4, 0.5) is 0 Å². The molecular formula is C11H10N4O3S. The van der Waals surface area contributed by atoms with Crippen LogP contribution < -0.4 is 0 Å². The molecule has 2 heterocycles. The van der Waals surface area contributed by atoms with Gasteiger partial charge in [-0.2, -0.15) is 4.68 Å². The molecule has 1 aromatic heterocycles. The van der Waals surface area contributed by atoms with Crippen LogP contribution in [0.5, 0.6) is 5.75 Å². The van der Waals surface area contributed by atoms with Crippen molar-refractivity contribution in [3.63, 3.8) is 0 Å². The Hall–Kier alpha value is -2.09. The predicted octanol–water partition coefficient (Wildman–Crippen LogP) is 0.775. The first-order valence-corrected chi connectivity index (χ1v) is 6.53. The van der Waals surface area contributed by atoms with Crippen molar-refractivity contribution in [2.45, 2.75) is 16.8 Å². The molecule has 98 valence electrons. The zero-order chi connectivity index (χ0) is 13.2. The molecule has 0 spiro atoms. The molecule has 0 aliphatic carbocycles. The minimum absolute atomic E-state index is 0.172. The number of tetrazole rings is 1. The summed E-state index contributed by atoms with van der Waals surface area (Å²) in [6.07, 6.45) is 0.659. The Bertz CT molecular complexity index is 598. The van der Waals surface area contributed by atoms with Crippen LogP contribution in [0.15, 0.2) is 29.4 Å². The highest BCUT2D eigenvalue weighted by Crippen LogP contribution is 2.29. The fraction of sp³-hybridized carbons (Fsp3) is 0.273. The van der Waals surface area contributed by atoms with E-state index >= 15 is 0 Å². The number of ether oxygens (including phenoxy) is 1. The predicted molar refractivity (Wildman–Crippen MR) is 66.0 cm³/mol. The van der Waals surface area contributed by atoms with Gasteiger partial charge in [0.25, 0.3) is 0 Å². The summed E-state index contributed by atoms with van der Waals surface area (Å²) in [5.74, 6) is -0.0596. The van der Waals surface area contributed by atoms with Gasteiger partial charge in [-0.1, -0.05) is 11.8 Å². The summed E-state index contributed by atoms with van der Waals surface area (Å²) in [7, 11) is 0. The van der Waals surface area contributed by atoms with Crippen LogP contribution in [0.2, 0.25) is 0 Å². The first kappa shape index (κ1) is 12.0. The number of hydrogen-bond donors (Lipinski definition) is 1. The number of carbonyl (C=O) groups excluding carboxylic acids is 1. The number of phenols is 1. The highest BCUT2D eigenvalue weighted by molar-refractivity contribution is 8.00. The molecule has 1 aliphatic rings. The van der Waals surface area contributed by atoms with Crippen molar-refractivity contribution in [3.05, 3.63) is 24.3 Å². The largest absolute Gasteiger partial charge is 0.508 e. The number of esters is 1. The second-order valence-corrected chi connectivity index (χ2v) is 5.12. The maximum Gasteiger partial charge on any atom is 0.319 e. The fourth-order valence-corrected chi connectivity index (χ4v) is 2.68. The number of phenolic OH excluding ortho intramolecular Hbond substituents is 1. The molecule has 7 nitrogen and oxygen atoms in total. The Balaban J connectivity index is 1.86. The van der Waals surface area contributed by atoms with Crippen molar-refractivity contribution in [2.24, 2.45) is 0 Å². The van der Waals surface area contributed by atoms with E-state index in [2.05, 4.69) is 15.5 Å². The van der Waals surface area contributed by atoms with Crippen LogP contribution in [0.1, 0.15) is 6.42 Å². The second kappa shape index (κ2) is 4.88. The van der Waals surface area contributed by atoms with E-state index in [1.54, 1.807) is 24.3 Å². The summed E-state index contributed by atoms with van der Waals surface area (Å²) in [4.78, 5) is 11.4.